The van der Waals surface area contributed by atoms with E-state index in [-0.39, 0.29) is 51.2 Å². The largest absolute Gasteiger partial charge is 0.423 e. The van der Waals surface area contributed by atoms with Gasteiger partial charge in [-0.3, -0.25) is 4.79 Å². The second-order valence-electron chi connectivity index (χ2n) is 12.9. The molecule has 0 unspecified atom stereocenters. The minimum atomic E-state index is -0.752. The van der Waals surface area contributed by atoms with E-state index in [0.29, 0.717) is 22.3 Å². The van der Waals surface area contributed by atoms with Crippen molar-refractivity contribution < 1.29 is 57.2 Å². The highest BCUT2D eigenvalue weighted by Crippen LogP contribution is 2.36. The fourth-order valence-corrected chi connectivity index (χ4v) is 4.33. The molecular weight excluding hydrogens is 744 g/mol. The molecule has 300 valence electrons. The fraction of sp³-hybridized carbons (Fsp3) is 0.174. The summed E-state index contributed by atoms with van der Waals surface area (Å²) in [6.45, 7) is 21.8. The van der Waals surface area contributed by atoms with E-state index in [2.05, 4.69) is 19.7 Å². The number of carbonyl (C=O) groups is 6. The average Bonchev–Trinajstić information content (AvgIpc) is 3.15. The van der Waals surface area contributed by atoms with E-state index in [9.17, 15) is 28.8 Å². The van der Waals surface area contributed by atoms with Crippen molar-refractivity contribution in [2.45, 2.75) is 48.5 Å². The summed E-state index contributed by atoms with van der Waals surface area (Å²) in [6.07, 6.45) is 11.8. The van der Waals surface area contributed by atoms with E-state index < -0.39 is 41.7 Å². The summed E-state index contributed by atoms with van der Waals surface area (Å²) in [5.74, 6) is -4.59. The predicted molar refractivity (Wildman–Crippen MR) is 220 cm³/mol. The molecule has 0 N–H and O–H groups in total. The van der Waals surface area contributed by atoms with Gasteiger partial charge in [0.05, 0.1) is 5.92 Å². The monoisotopic (exact) mass is 788 g/mol. The smallest absolute Gasteiger partial charge is 0.338 e. The van der Waals surface area contributed by atoms with Crippen molar-refractivity contribution in [1.29, 1.82) is 0 Å². The fourth-order valence-electron chi connectivity index (χ4n) is 4.33. The third-order valence-corrected chi connectivity index (χ3v) is 7.35. The quantitative estimate of drug-likeness (QED) is 0.0588. The van der Waals surface area contributed by atoms with E-state index in [0.717, 1.165) is 0 Å². The maximum absolute atomic E-state index is 12.7. The van der Waals surface area contributed by atoms with Crippen molar-refractivity contribution >= 4 is 60.1 Å². The molecule has 3 aromatic rings. The van der Waals surface area contributed by atoms with Gasteiger partial charge in [0.15, 0.2) is 23.0 Å². The number of hydrogen-bond donors (Lipinski definition) is 0. The van der Waals surface area contributed by atoms with Crippen LogP contribution < -0.4 is 28.4 Å². The topological polar surface area (TPSA) is 158 Å². The molecule has 58 heavy (non-hydrogen) atoms. The van der Waals surface area contributed by atoms with Crippen LogP contribution in [0.3, 0.4) is 0 Å². The van der Waals surface area contributed by atoms with E-state index in [1.165, 1.54) is 81.5 Å². The van der Waals surface area contributed by atoms with Gasteiger partial charge in [0.2, 0.25) is 0 Å². The van der Waals surface area contributed by atoms with Gasteiger partial charge >= 0.3 is 35.8 Å². The molecule has 0 spiro atoms. The van der Waals surface area contributed by atoms with Crippen LogP contribution in [0.2, 0.25) is 0 Å². The average molecular weight is 789 g/mol. The molecule has 0 aliphatic carbocycles. The SMILES string of the molecule is C=C(C)C(=O)Oc1ccc(/C=C/c2cc(OC(=O)/C=C/C)c(/C=C/c3ccc(OC(=O)C(C)C)c(OC(=O)C(=C)C)c3)cc2OC(=O)/C=C/C)cc1OC(=O)C(=C)C. The van der Waals surface area contributed by atoms with Crippen LogP contribution in [0.5, 0.6) is 34.5 Å². The molecule has 3 rings (SSSR count). The molecule has 0 radical (unpaired) electrons. The number of rotatable bonds is 16. The molecule has 0 aliphatic rings. The van der Waals surface area contributed by atoms with Gasteiger partial charge in [0, 0.05) is 40.0 Å². The van der Waals surface area contributed by atoms with Crippen LogP contribution in [-0.4, -0.2) is 35.8 Å². The minimum absolute atomic E-state index is 0.0179. The third kappa shape index (κ3) is 13.4. The number of ether oxygens (including phenoxy) is 6. The maximum atomic E-state index is 12.7. The third-order valence-electron chi connectivity index (χ3n) is 7.35. The Bertz CT molecular complexity index is 2280. The zero-order valence-corrected chi connectivity index (χ0v) is 33.3. The molecule has 0 atom stereocenters. The summed E-state index contributed by atoms with van der Waals surface area (Å²) in [7, 11) is 0. The first-order valence-corrected chi connectivity index (χ1v) is 17.8. The molecule has 3 aromatic carbocycles. The van der Waals surface area contributed by atoms with Crippen molar-refractivity contribution in [1.82, 2.24) is 0 Å². The van der Waals surface area contributed by atoms with Crippen LogP contribution in [0.4, 0.5) is 0 Å². The van der Waals surface area contributed by atoms with Gasteiger partial charge < -0.3 is 28.4 Å². The summed E-state index contributed by atoms with van der Waals surface area (Å²) in [5.41, 5.74) is 1.89. The first-order valence-electron chi connectivity index (χ1n) is 17.8. The van der Waals surface area contributed by atoms with E-state index >= 15 is 0 Å². The summed E-state index contributed by atoms with van der Waals surface area (Å²) in [5, 5.41) is 0. The van der Waals surface area contributed by atoms with Crippen molar-refractivity contribution in [2.75, 3.05) is 0 Å². The molecule has 12 heteroatoms. The van der Waals surface area contributed by atoms with Crippen molar-refractivity contribution in [3.8, 4) is 34.5 Å². The summed E-state index contributed by atoms with van der Waals surface area (Å²) >= 11 is 0. The molecule has 0 fully saturated rings. The lowest BCUT2D eigenvalue weighted by Gasteiger charge is -2.14. The summed E-state index contributed by atoms with van der Waals surface area (Å²) in [6, 6.07) is 12.0. The zero-order chi connectivity index (χ0) is 43.1. The van der Waals surface area contributed by atoms with Gasteiger partial charge in [-0.05, 0) is 82.1 Å². The lowest BCUT2D eigenvalue weighted by atomic mass is 10.0. The summed E-state index contributed by atoms with van der Waals surface area (Å²) in [4.78, 5) is 75.0. The molecule has 0 heterocycles. The van der Waals surface area contributed by atoms with Gasteiger partial charge in [-0.25, -0.2) is 24.0 Å². The van der Waals surface area contributed by atoms with Crippen molar-refractivity contribution in [2.24, 2.45) is 5.92 Å². The Morgan fingerprint density at radius 2 is 0.845 bits per heavy atom. The number of benzene rings is 3. The van der Waals surface area contributed by atoms with E-state index in [4.69, 9.17) is 28.4 Å². The van der Waals surface area contributed by atoms with E-state index in [1.54, 1.807) is 64.1 Å². The second-order valence-corrected chi connectivity index (χ2v) is 12.9. The van der Waals surface area contributed by atoms with Crippen LogP contribution >= 0.6 is 0 Å². The van der Waals surface area contributed by atoms with Gasteiger partial charge in [0.25, 0.3) is 0 Å². The Morgan fingerprint density at radius 3 is 1.19 bits per heavy atom. The van der Waals surface area contributed by atoms with Gasteiger partial charge in [0.1, 0.15) is 11.5 Å². The highest BCUT2D eigenvalue weighted by molar-refractivity contribution is 5.92. The van der Waals surface area contributed by atoms with E-state index in [1.807, 2.05) is 0 Å². The van der Waals surface area contributed by atoms with Crippen LogP contribution in [0, 0.1) is 5.92 Å². The lowest BCUT2D eigenvalue weighted by Crippen LogP contribution is -2.16. The predicted octanol–water partition coefficient (Wildman–Crippen LogP) is 9.00. The number of carbonyl (C=O) groups excluding carboxylic acids is 6. The molecule has 0 amide bonds. The normalized spacial score (nSPS) is 11.2. The second kappa shape index (κ2) is 21.1. The molecule has 0 saturated carbocycles. The van der Waals surface area contributed by atoms with Gasteiger partial charge in [-0.1, -0.05) is 82.2 Å². The number of hydrogen-bond acceptors (Lipinski definition) is 12. The lowest BCUT2D eigenvalue weighted by molar-refractivity contribution is -0.138. The molecular formula is C46H44O12. The highest BCUT2D eigenvalue weighted by atomic mass is 16.6. The first kappa shape index (κ1) is 45.1. The molecule has 0 aliphatic heterocycles. The van der Waals surface area contributed by atoms with Crippen LogP contribution in [0.1, 0.15) is 70.7 Å². The number of allylic oxidation sites excluding steroid dienone is 2. The Kier molecular flexibility index (Phi) is 16.4. The van der Waals surface area contributed by atoms with Crippen molar-refractivity contribution in [3.05, 3.63) is 132 Å². The zero-order valence-electron chi connectivity index (χ0n) is 33.3. The maximum Gasteiger partial charge on any atom is 0.338 e. The number of esters is 6. The van der Waals surface area contributed by atoms with Crippen molar-refractivity contribution in [3.63, 3.8) is 0 Å². The highest BCUT2D eigenvalue weighted by Gasteiger charge is 2.19. The molecule has 0 aromatic heterocycles. The minimum Gasteiger partial charge on any atom is -0.423 e. The first-order chi connectivity index (χ1) is 27.4. The Labute approximate surface area is 337 Å². The Hall–Kier alpha value is -7.34. The van der Waals surface area contributed by atoms with Crippen LogP contribution in [0.15, 0.2) is 109 Å². The Balaban J connectivity index is 2.20. The Morgan fingerprint density at radius 1 is 0.483 bits per heavy atom. The van der Waals surface area contributed by atoms with Crippen LogP contribution in [-0.2, 0) is 28.8 Å². The standard InChI is InChI=1S/C46H44O12/c1-11-13-41(47)53-37-25-34(20-16-32-18-22-36(56-44(50)28(5)6)40(24-32)58-46(52)30(9)10)38(54-42(48)14-12-2)26-33(37)19-15-31-17-21-35(55-43(49)27(3)4)39(23-31)57-45(51)29(7)8/h11-26,28H,3,7,9H2,1-2,4-6,8,10H3/b13-11+,14-12+,19-15+,20-16+. The molecule has 0 bridgehead atoms. The van der Waals surface area contributed by atoms with Gasteiger partial charge in [-0.2, -0.15) is 0 Å². The molecule has 0 saturated heterocycles. The van der Waals surface area contributed by atoms with Gasteiger partial charge in [-0.15, -0.1) is 0 Å². The van der Waals surface area contributed by atoms with Crippen LogP contribution in [0.25, 0.3) is 24.3 Å². The molecule has 12 nitrogen and oxygen atoms in total. The summed E-state index contributed by atoms with van der Waals surface area (Å²) < 4.78 is 33.1.